The largest absolute Gasteiger partial charge is 0.508 e. The number of hydrogen-bond donors (Lipinski definition) is 4. The summed E-state index contributed by atoms with van der Waals surface area (Å²) in [6.07, 6.45) is 8.17. The first kappa shape index (κ1) is 23.6. The number of phenols is 2. The number of phenolic OH excluding ortho intramolecular Hbond substituents is 2. The normalized spacial score (nSPS) is 11.1. The van der Waals surface area contributed by atoms with Crippen molar-refractivity contribution in [2.75, 3.05) is 0 Å². The third-order valence-electron chi connectivity index (χ3n) is 4.40. The molecule has 0 aliphatic heterocycles. The van der Waals surface area contributed by atoms with Crippen molar-refractivity contribution in [2.24, 2.45) is 10.2 Å². The van der Waals surface area contributed by atoms with Gasteiger partial charge in [-0.05, 0) is 72.5 Å². The number of amides is 2. The van der Waals surface area contributed by atoms with Crippen LogP contribution in [0.1, 0.15) is 56.1 Å². The molecule has 0 saturated heterocycles. The van der Waals surface area contributed by atoms with Gasteiger partial charge < -0.3 is 10.2 Å². The fraction of sp³-hybridized carbons (Fsp3) is 0.304. The number of nitrogens with one attached hydrogen (secondary N) is 2. The Bertz CT molecular complexity index is 804. The number of aromatic hydroxyl groups is 2. The number of rotatable bonds is 12. The highest BCUT2D eigenvalue weighted by Gasteiger charge is 2.01. The maximum atomic E-state index is 11.7. The van der Waals surface area contributed by atoms with Crippen LogP contribution >= 0.6 is 0 Å². The van der Waals surface area contributed by atoms with Gasteiger partial charge in [0, 0.05) is 12.8 Å². The number of carbonyl (C=O) groups excluding carboxylic acids is 2. The summed E-state index contributed by atoms with van der Waals surface area (Å²) in [6, 6.07) is 13.0. The topological polar surface area (TPSA) is 123 Å². The summed E-state index contributed by atoms with van der Waals surface area (Å²) >= 11 is 0. The number of nitrogens with zero attached hydrogens (tertiary/aromatic N) is 2. The van der Waals surface area contributed by atoms with Gasteiger partial charge in [0.05, 0.1) is 12.4 Å². The van der Waals surface area contributed by atoms with E-state index in [0.717, 1.165) is 43.2 Å². The fourth-order valence-corrected chi connectivity index (χ4v) is 2.69. The Morgan fingerprint density at radius 2 is 1.00 bits per heavy atom. The van der Waals surface area contributed by atoms with E-state index in [1.807, 2.05) is 0 Å². The van der Waals surface area contributed by atoms with Crippen molar-refractivity contribution in [1.29, 1.82) is 0 Å². The molecule has 2 aromatic carbocycles. The Balaban J connectivity index is 1.46. The quantitative estimate of drug-likeness (QED) is 0.237. The second-order valence-electron chi connectivity index (χ2n) is 7.04. The smallest absolute Gasteiger partial charge is 0.240 e. The fourth-order valence-electron chi connectivity index (χ4n) is 2.69. The maximum Gasteiger partial charge on any atom is 0.240 e. The molecule has 0 radical (unpaired) electrons. The van der Waals surface area contributed by atoms with Gasteiger partial charge in [-0.2, -0.15) is 10.2 Å². The molecule has 8 nitrogen and oxygen atoms in total. The van der Waals surface area contributed by atoms with Crippen LogP contribution in [-0.4, -0.2) is 34.5 Å². The lowest BCUT2D eigenvalue weighted by atomic mass is 10.1. The van der Waals surface area contributed by atoms with E-state index in [1.54, 1.807) is 48.5 Å². The van der Waals surface area contributed by atoms with Crippen molar-refractivity contribution in [2.45, 2.75) is 44.9 Å². The lowest BCUT2D eigenvalue weighted by Crippen LogP contribution is -2.17. The molecule has 0 aliphatic rings. The highest BCUT2D eigenvalue weighted by atomic mass is 16.3. The molecule has 31 heavy (non-hydrogen) atoms. The molecule has 8 heteroatoms. The molecule has 0 fully saturated rings. The van der Waals surface area contributed by atoms with E-state index in [0.29, 0.717) is 12.8 Å². The van der Waals surface area contributed by atoms with Crippen molar-refractivity contribution >= 4 is 24.2 Å². The molecule has 4 N–H and O–H groups in total. The second kappa shape index (κ2) is 13.5. The van der Waals surface area contributed by atoms with Crippen molar-refractivity contribution < 1.29 is 19.8 Å². The Morgan fingerprint density at radius 1 is 0.645 bits per heavy atom. The van der Waals surface area contributed by atoms with Gasteiger partial charge in [0.15, 0.2) is 0 Å². The van der Waals surface area contributed by atoms with Gasteiger partial charge in [-0.1, -0.05) is 19.3 Å². The molecule has 0 bridgehead atoms. The number of unbranched alkanes of at least 4 members (excludes halogenated alkanes) is 4. The van der Waals surface area contributed by atoms with Crippen LogP contribution in [0.3, 0.4) is 0 Å². The SMILES string of the molecule is O=C(CCCCCCCC(=O)NN=Cc1ccc(O)cc1)NN=Cc1ccc(O)cc1. The lowest BCUT2D eigenvalue weighted by molar-refractivity contribution is -0.121. The number of benzene rings is 2. The van der Waals surface area contributed by atoms with E-state index < -0.39 is 0 Å². The zero-order chi connectivity index (χ0) is 22.3. The van der Waals surface area contributed by atoms with Crippen LogP contribution in [0.15, 0.2) is 58.7 Å². The number of hydrogen-bond acceptors (Lipinski definition) is 6. The molecular formula is C23H28N4O4. The van der Waals surface area contributed by atoms with Gasteiger partial charge >= 0.3 is 0 Å². The van der Waals surface area contributed by atoms with Crippen LogP contribution < -0.4 is 10.9 Å². The minimum atomic E-state index is -0.138. The van der Waals surface area contributed by atoms with Gasteiger partial charge in [-0.25, -0.2) is 10.9 Å². The summed E-state index contributed by atoms with van der Waals surface area (Å²) in [5.74, 6) is 0.0867. The molecule has 0 aromatic heterocycles. The molecule has 0 saturated carbocycles. The van der Waals surface area contributed by atoms with Gasteiger partial charge in [0.25, 0.3) is 0 Å². The molecule has 0 aliphatic carbocycles. The van der Waals surface area contributed by atoms with Crippen LogP contribution in [0.25, 0.3) is 0 Å². The number of hydrazone groups is 2. The van der Waals surface area contributed by atoms with E-state index in [1.165, 1.54) is 12.4 Å². The summed E-state index contributed by atoms with van der Waals surface area (Å²) in [5, 5.41) is 26.2. The van der Waals surface area contributed by atoms with Crippen LogP contribution in [0.2, 0.25) is 0 Å². The highest BCUT2D eigenvalue weighted by molar-refractivity contribution is 5.83. The average Bonchev–Trinajstić information content (AvgIpc) is 2.76. The van der Waals surface area contributed by atoms with Crippen LogP contribution in [-0.2, 0) is 9.59 Å². The highest BCUT2D eigenvalue weighted by Crippen LogP contribution is 2.09. The van der Waals surface area contributed by atoms with Gasteiger partial charge in [-0.3, -0.25) is 9.59 Å². The van der Waals surface area contributed by atoms with Crippen LogP contribution in [0.4, 0.5) is 0 Å². The standard InChI is InChI=1S/C23H28N4O4/c28-20-12-8-18(9-13-20)16-24-26-22(30)6-4-2-1-3-5-7-23(31)27-25-17-19-10-14-21(29)15-11-19/h8-17,28-29H,1-7H2,(H,26,30)(H,27,31). The molecule has 0 spiro atoms. The molecule has 2 amide bonds. The van der Waals surface area contributed by atoms with Crippen LogP contribution in [0, 0.1) is 0 Å². The zero-order valence-corrected chi connectivity index (χ0v) is 17.3. The first-order valence-electron chi connectivity index (χ1n) is 10.2. The third-order valence-corrected chi connectivity index (χ3v) is 4.40. The first-order valence-corrected chi connectivity index (χ1v) is 10.2. The Hall–Kier alpha value is -3.68. The Kier molecular flexibility index (Phi) is 10.3. The predicted molar refractivity (Wildman–Crippen MR) is 120 cm³/mol. The summed E-state index contributed by atoms with van der Waals surface area (Å²) in [6.45, 7) is 0. The minimum absolute atomic E-state index is 0.138. The van der Waals surface area contributed by atoms with Crippen LogP contribution in [0.5, 0.6) is 11.5 Å². The molecule has 0 unspecified atom stereocenters. The Labute approximate surface area is 181 Å². The van der Waals surface area contributed by atoms with Crippen molar-refractivity contribution in [3.63, 3.8) is 0 Å². The molecule has 164 valence electrons. The minimum Gasteiger partial charge on any atom is -0.508 e. The Morgan fingerprint density at radius 3 is 1.39 bits per heavy atom. The molecular weight excluding hydrogens is 396 g/mol. The average molecular weight is 425 g/mol. The van der Waals surface area contributed by atoms with E-state index in [2.05, 4.69) is 21.1 Å². The van der Waals surface area contributed by atoms with Crippen molar-refractivity contribution in [3.8, 4) is 11.5 Å². The molecule has 0 atom stereocenters. The molecule has 2 rings (SSSR count). The van der Waals surface area contributed by atoms with Gasteiger partial charge in [0.1, 0.15) is 11.5 Å². The maximum absolute atomic E-state index is 11.7. The lowest BCUT2D eigenvalue weighted by Gasteiger charge is -2.02. The van der Waals surface area contributed by atoms with E-state index in [-0.39, 0.29) is 23.3 Å². The summed E-state index contributed by atoms with van der Waals surface area (Å²) in [4.78, 5) is 23.5. The zero-order valence-electron chi connectivity index (χ0n) is 17.3. The number of carbonyl (C=O) groups is 2. The van der Waals surface area contributed by atoms with E-state index in [4.69, 9.17) is 0 Å². The van der Waals surface area contributed by atoms with Gasteiger partial charge in [0.2, 0.25) is 11.8 Å². The summed E-state index contributed by atoms with van der Waals surface area (Å²) in [7, 11) is 0. The predicted octanol–water partition coefficient (Wildman–Crippen LogP) is 3.43. The monoisotopic (exact) mass is 424 g/mol. The second-order valence-corrected chi connectivity index (χ2v) is 7.04. The van der Waals surface area contributed by atoms with E-state index >= 15 is 0 Å². The van der Waals surface area contributed by atoms with E-state index in [9.17, 15) is 19.8 Å². The first-order chi connectivity index (χ1) is 15.0. The summed E-state index contributed by atoms with van der Waals surface area (Å²) in [5.41, 5.74) is 6.54. The molecule has 2 aromatic rings. The molecule has 0 heterocycles. The van der Waals surface area contributed by atoms with Crippen molar-refractivity contribution in [1.82, 2.24) is 10.9 Å². The third kappa shape index (κ3) is 10.6. The summed E-state index contributed by atoms with van der Waals surface area (Å²) < 4.78 is 0. The van der Waals surface area contributed by atoms with Gasteiger partial charge in [-0.15, -0.1) is 0 Å². The van der Waals surface area contributed by atoms with Crippen molar-refractivity contribution in [3.05, 3.63) is 59.7 Å².